The second-order valence-corrected chi connectivity index (χ2v) is 6.97. The Labute approximate surface area is 124 Å². The van der Waals surface area contributed by atoms with Crippen LogP contribution in [0, 0.1) is 0 Å². The van der Waals surface area contributed by atoms with Gasteiger partial charge in [-0.3, -0.25) is 4.79 Å². The molecule has 1 aromatic carbocycles. The number of carbonyl (C=O) groups is 1. The van der Waals surface area contributed by atoms with Gasteiger partial charge in [-0.25, -0.2) is 13.1 Å². The fourth-order valence-electron chi connectivity index (χ4n) is 1.43. The Kier molecular flexibility index (Phi) is 4.50. The van der Waals surface area contributed by atoms with Crippen molar-refractivity contribution in [2.24, 2.45) is 0 Å². The van der Waals surface area contributed by atoms with E-state index in [1.807, 2.05) is 0 Å². The number of anilines is 1. The number of benzene rings is 1. The molecule has 3 N–H and O–H groups in total. The number of carbonyl (C=O) groups excluding carboxylic acids is 1. The van der Waals surface area contributed by atoms with Crippen molar-refractivity contribution in [3.05, 3.63) is 29.8 Å². The predicted octanol–water partition coefficient (Wildman–Crippen LogP) is 0.681. The third kappa shape index (κ3) is 4.21. The van der Waals surface area contributed by atoms with Crippen LogP contribution in [0.4, 0.5) is 5.13 Å². The largest absolute Gasteiger partial charge is 0.508 e. The summed E-state index contributed by atoms with van der Waals surface area (Å²) >= 11 is 0.752. The Hall–Kier alpha value is -2.04. The van der Waals surface area contributed by atoms with E-state index in [1.165, 1.54) is 19.1 Å². The van der Waals surface area contributed by atoms with Gasteiger partial charge in [0.1, 0.15) is 5.75 Å². The number of hydrogen-bond acceptors (Lipinski definition) is 7. The molecule has 1 heterocycles. The van der Waals surface area contributed by atoms with E-state index < -0.39 is 10.0 Å². The molecule has 0 aliphatic rings. The third-order valence-corrected chi connectivity index (χ3v) is 4.90. The van der Waals surface area contributed by atoms with Gasteiger partial charge in [0.2, 0.25) is 15.4 Å². The number of phenolic OH excluding ortho intramolecular Hbond substituents is 1. The lowest BCUT2D eigenvalue weighted by Gasteiger charge is -2.04. The van der Waals surface area contributed by atoms with Gasteiger partial charge in [0, 0.05) is 13.5 Å². The molecule has 0 aliphatic carbocycles. The van der Waals surface area contributed by atoms with Crippen molar-refractivity contribution in [3.8, 4) is 5.75 Å². The maximum atomic E-state index is 12.0. The smallest absolute Gasteiger partial charge is 0.270 e. The molecule has 0 bridgehead atoms. The van der Waals surface area contributed by atoms with Crippen molar-refractivity contribution in [3.63, 3.8) is 0 Å². The molecule has 0 atom stereocenters. The van der Waals surface area contributed by atoms with Crippen LogP contribution in [-0.4, -0.2) is 29.6 Å². The molecule has 112 valence electrons. The lowest BCUT2D eigenvalue weighted by molar-refractivity contribution is -0.114. The Morgan fingerprint density at radius 1 is 1.38 bits per heavy atom. The average Bonchev–Trinajstić information content (AvgIpc) is 2.85. The molecule has 1 amide bonds. The quantitative estimate of drug-likeness (QED) is 0.694. The summed E-state index contributed by atoms with van der Waals surface area (Å²) in [5.74, 6) is -0.307. The van der Waals surface area contributed by atoms with Gasteiger partial charge in [-0.2, -0.15) is 0 Å². The summed E-state index contributed by atoms with van der Waals surface area (Å²) in [5.41, 5.74) is 0.602. The highest BCUT2D eigenvalue weighted by Crippen LogP contribution is 2.20. The maximum absolute atomic E-state index is 12.0. The zero-order chi connectivity index (χ0) is 15.5. The molecule has 2 aromatic rings. The zero-order valence-corrected chi connectivity index (χ0v) is 12.5. The van der Waals surface area contributed by atoms with E-state index in [1.54, 1.807) is 12.1 Å². The van der Waals surface area contributed by atoms with Crippen LogP contribution < -0.4 is 10.0 Å². The number of phenols is 1. The zero-order valence-electron chi connectivity index (χ0n) is 10.9. The summed E-state index contributed by atoms with van der Waals surface area (Å²) in [6.45, 7) is 1.29. The second kappa shape index (κ2) is 6.16. The van der Waals surface area contributed by atoms with E-state index in [9.17, 15) is 18.3 Å². The van der Waals surface area contributed by atoms with Crippen LogP contribution in [0.1, 0.15) is 12.5 Å². The van der Waals surface area contributed by atoms with Crippen LogP contribution in [0.3, 0.4) is 0 Å². The summed E-state index contributed by atoms with van der Waals surface area (Å²) in [6.07, 6.45) is 0. The molecule has 10 heteroatoms. The van der Waals surface area contributed by atoms with Crippen molar-refractivity contribution < 1.29 is 18.3 Å². The molecule has 8 nitrogen and oxygen atoms in total. The molecular formula is C11H12N4O4S2. The first-order valence-corrected chi connectivity index (χ1v) is 8.05. The van der Waals surface area contributed by atoms with Crippen molar-refractivity contribution in [1.82, 2.24) is 14.9 Å². The Balaban J connectivity index is 2.08. The lowest BCUT2D eigenvalue weighted by atomic mass is 10.2. The number of sulfonamides is 1. The van der Waals surface area contributed by atoms with Gasteiger partial charge >= 0.3 is 0 Å². The summed E-state index contributed by atoms with van der Waals surface area (Å²) in [5, 5.41) is 18.9. The van der Waals surface area contributed by atoms with Gasteiger partial charge in [0.25, 0.3) is 10.0 Å². The molecule has 2 rings (SSSR count). The number of rotatable bonds is 5. The standard InChI is InChI=1S/C11H12N4O4S2/c1-7(16)13-10-14-15-11(20-10)21(18,19)12-6-8-3-2-4-9(17)5-8/h2-5,12,17H,6H2,1H3,(H,13,14,16). The van der Waals surface area contributed by atoms with Gasteiger partial charge in [0.05, 0.1) is 0 Å². The predicted molar refractivity (Wildman–Crippen MR) is 76.3 cm³/mol. The summed E-state index contributed by atoms with van der Waals surface area (Å²) < 4.78 is 26.1. The number of hydrogen-bond donors (Lipinski definition) is 3. The van der Waals surface area contributed by atoms with E-state index in [2.05, 4.69) is 20.2 Å². The first kappa shape index (κ1) is 15.4. The topological polar surface area (TPSA) is 121 Å². The maximum Gasteiger partial charge on any atom is 0.270 e. The van der Waals surface area contributed by atoms with E-state index >= 15 is 0 Å². The minimum Gasteiger partial charge on any atom is -0.508 e. The number of nitrogens with one attached hydrogen (secondary N) is 2. The molecule has 21 heavy (non-hydrogen) atoms. The SMILES string of the molecule is CC(=O)Nc1nnc(S(=O)(=O)NCc2cccc(O)c2)s1. The highest BCUT2D eigenvalue weighted by atomic mass is 32.2. The van der Waals surface area contributed by atoms with Crippen molar-refractivity contribution >= 4 is 32.4 Å². The van der Waals surface area contributed by atoms with Crippen LogP contribution >= 0.6 is 11.3 Å². The molecular weight excluding hydrogens is 316 g/mol. The lowest BCUT2D eigenvalue weighted by Crippen LogP contribution is -2.23. The highest BCUT2D eigenvalue weighted by Gasteiger charge is 2.20. The Morgan fingerprint density at radius 3 is 2.81 bits per heavy atom. The highest BCUT2D eigenvalue weighted by molar-refractivity contribution is 7.91. The van der Waals surface area contributed by atoms with E-state index in [0.717, 1.165) is 11.3 Å². The monoisotopic (exact) mass is 328 g/mol. The van der Waals surface area contributed by atoms with Crippen LogP contribution in [0.2, 0.25) is 0 Å². The van der Waals surface area contributed by atoms with Crippen LogP contribution in [0.5, 0.6) is 5.75 Å². The molecule has 1 aromatic heterocycles. The fraction of sp³-hybridized carbons (Fsp3) is 0.182. The molecule has 0 spiro atoms. The van der Waals surface area contributed by atoms with Gasteiger partial charge in [-0.1, -0.05) is 23.5 Å². The minimum atomic E-state index is -3.82. The molecule has 0 aliphatic heterocycles. The van der Waals surface area contributed by atoms with Crippen molar-refractivity contribution in [1.29, 1.82) is 0 Å². The summed E-state index contributed by atoms with van der Waals surface area (Å²) in [4.78, 5) is 10.9. The van der Waals surface area contributed by atoms with Crippen molar-refractivity contribution in [2.45, 2.75) is 17.8 Å². The molecule has 0 unspecified atom stereocenters. The normalized spacial score (nSPS) is 11.3. The molecule has 0 fully saturated rings. The van der Waals surface area contributed by atoms with E-state index in [4.69, 9.17) is 0 Å². The van der Waals surface area contributed by atoms with Crippen LogP contribution in [0.25, 0.3) is 0 Å². The molecule has 0 saturated heterocycles. The third-order valence-electron chi connectivity index (χ3n) is 2.30. The number of aromatic hydroxyl groups is 1. The first-order chi connectivity index (χ1) is 9.87. The van der Waals surface area contributed by atoms with Crippen LogP contribution in [0.15, 0.2) is 28.6 Å². The second-order valence-electron chi connectivity index (χ2n) is 4.05. The van der Waals surface area contributed by atoms with Crippen LogP contribution in [-0.2, 0) is 21.4 Å². The van der Waals surface area contributed by atoms with Gasteiger partial charge in [0.15, 0.2) is 0 Å². The van der Waals surface area contributed by atoms with E-state index in [-0.39, 0.29) is 27.7 Å². The van der Waals surface area contributed by atoms with E-state index in [0.29, 0.717) is 5.56 Å². The minimum absolute atomic E-state index is 0.00574. The average molecular weight is 328 g/mol. The summed E-state index contributed by atoms with van der Waals surface area (Å²) in [6, 6.07) is 6.22. The first-order valence-electron chi connectivity index (χ1n) is 5.75. The molecule has 0 radical (unpaired) electrons. The fourth-order valence-corrected chi connectivity index (χ4v) is 3.43. The van der Waals surface area contributed by atoms with Crippen molar-refractivity contribution in [2.75, 3.05) is 5.32 Å². The Morgan fingerprint density at radius 2 is 2.14 bits per heavy atom. The van der Waals surface area contributed by atoms with Gasteiger partial charge in [-0.15, -0.1) is 10.2 Å². The number of nitrogens with zero attached hydrogens (tertiary/aromatic N) is 2. The number of aromatic nitrogens is 2. The van der Waals surface area contributed by atoms with Gasteiger partial charge in [-0.05, 0) is 17.7 Å². The van der Waals surface area contributed by atoms with Gasteiger partial charge < -0.3 is 10.4 Å². The number of amides is 1. The Bertz CT molecular complexity index is 757. The summed E-state index contributed by atoms with van der Waals surface area (Å²) in [7, 11) is -3.82. The molecule has 0 saturated carbocycles.